The van der Waals surface area contributed by atoms with Gasteiger partial charge in [0.15, 0.2) is 4.67 Å². The lowest BCUT2D eigenvalue weighted by Gasteiger charge is -2.06. The van der Waals surface area contributed by atoms with Crippen molar-refractivity contribution in [1.82, 2.24) is 5.32 Å². The summed E-state index contributed by atoms with van der Waals surface area (Å²) in [6.45, 7) is 5.17. The molecular formula is C14H17BrN2O3S. The molecule has 1 aromatic heterocycles. The van der Waals surface area contributed by atoms with E-state index < -0.39 is 10.0 Å². The van der Waals surface area contributed by atoms with Crippen LogP contribution in [0, 0.1) is 6.92 Å². The summed E-state index contributed by atoms with van der Waals surface area (Å²) in [5, 5.41) is 3.08. The summed E-state index contributed by atoms with van der Waals surface area (Å²) >= 11 is 3.16. The zero-order valence-corrected chi connectivity index (χ0v) is 14.2. The fraction of sp³-hybridized carbons (Fsp3) is 0.286. The highest BCUT2D eigenvalue weighted by molar-refractivity contribution is 9.10. The summed E-state index contributed by atoms with van der Waals surface area (Å²) in [6, 6.07) is 8.65. The van der Waals surface area contributed by atoms with Crippen molar-refractivity contribution in [1.29, 1.82) is 0 Å². The minimum absolute atomic E-state index is 0.0935. The van der Waals surface area contributed by atoms with Gasteiger partial charge in [0.2, 0.25) is 0 Å². The third kappa shape index (κ3) is 4.09. The normalized spacial score (nSPS) is 11.6. The lowest BCUT2D eigenvalue weighted by atomic mass is 10.2. The van der Waals surface area contributed by atoms with Crippen molar-refractivity contribution >= 4 is 31.6 Å². The highest BCUT2D eigenvalue weighted by atomic mass is 79.9. The van der Waals surface area contributed by atoms with Gasteiger partial charge in [0, 0.05) is 11.8 Å². The van der Waals surface area contributed by atoms with Crippen molar-refractivity contribution in [2.24, 2.45) is 0 Å². The first-order valence-corrected chi connectivity index (χ1v) is 8.78. The molecule has 0 atom stereocenters. The predicted molar refractivity (Wildman–Crippen MR) is 85.8 cm³/mol. The van der Waals surface area contributed by atoms with Crippen molar-refractivity contribution in [2.45, 2.75) is 25.3 Å². The molecule has 7 heteroatoms. The van der Waals surface area contributed by atoms with Crippen molar-refractivity contribution in [2.75, 3.05) is 11.3 Å². The lowest BCUT2D eigenvalue weighted by Crippen LogP contribution is -2.13. The van der Waals surface area contributed by atoms with E-state index in [0.717, 1.165) is 12.1 Å². The van der Waals surface area contributed by atoms with Crippen LogP contribution in [-0.2, 0) is 16.6 Å². The highest BCUT2D eigenvalue weighted by Gasteiger charge is 2.22. The van der Waals surface area contributed by atoms with Crippen molar-refractivity contribution in [3.63, 3.8) is 0 Å². The van der Waals surface area contributed by atoms with Gasteiger partial charge >= 0.3 is 0 Å². The molecule has 2 N–H and O–H groups in total. The second-order valence-corrected chi connectivity index (χ2v) is 6.97. The van der Waals surface area contributed by atoms with E-state index in [0.29, 0.717) is 18.0 Å². The number of halogens is 1. The molecule has 0 spiro atoms. The third-order valence-corrected chi connectivity index (χ3v) is 5.09. The summed E-state index contributed by atoms with van der Waals surface area (Å²) in [5.74, 6) is 0.563. The van der Waals surface area contributed by atoms with Crippen LogP contribution in [0.2, 0.25) is 0 Å². The van der Waals surface area contributed by atoms with Crippen LogP contribution in [0.15, 0.2) is 44.3 Å². The predicted octanol–water partition coefficient (Wildman–Crippen LogP) is 3.26. The molecule has 2 aromatic rings. The molecule has 0 amide bonds. The Kier molecular flexibility index (Phi) is 5.08. The third-order valence-electron chi connectivity index (χ3n) is 2.85. The van der Waals surface area contributed by atoms with E-state index in [-0.39, 0.29) is 9.56 Å². The molecule has 0 radical (unpaired) electrons. The first-order chi connectivity index (χ1) is 9.92. The monoisotopic (exact) mass is 372 g/mol. The number of nitrogens with one attached hydrogen (secondary N) is 2. The van der Waals surface area contributed by atoms with Gasteiger partial charge in [-0.2, -0.15) is 0 Å². The average Bonchev–Trinajstić information content (AvgIpc) is 2.81. The number of benzene rings is 1. The summed E-state index contributed by atoms with van der Waals surface area (Å²) in [5.41, 5.74) is 1.58. The molecule has 5 nitrogen and oxygen atoms in total. The molecule has 0 bridgehead atoms. The number of rotatable bonds is 6. The maximum atomic E-state index is 12.4. The van der Waals surface area contributed by atoms with Crippen molar-refractivity contribution < 1.29 is 12.8 Å². The minimum Gasteiger partial charge on any atom is -0.451 e. The SMILES string of the molecule is CCNCc1cc(S(=O)(=O)Nc2ccc(C)cc2)c(Br)o1. The molecule has 1 heterocycles. The van der Waals surface area contributed by atoms with Crippen LogP contribution in [0.1, 0.15) is 18.2 Å². The number of hydrogen-bond acceptors (Lipinski definition) is 4. The van der Waals surface area contributed by atoms with Gasteiger partial charge in [-0.1, -0.05) is 24.6 Å². The molecular weight excluding hydrogens is 356 g/mol. The summed E-state index contributed by atoms with van der Waals surface area (Å²) < 4.78 is 32.9. The molecule has 0 saturated heterocycles. The van der Waals surface area contributed by atoms with E-state index in [4.69, 9.17) is 4.42 Å². The Labute approximate surface area is 132 Å². The molecule has 0 saturated carbocycles. The van der Waals surface area contributed by atoms with Gasteiger partial charge in [-0.05, 0) is 41.5 Å². The largest absolute Gasteiger partial charge is 0.451 e. The smallest absolute Gasteiger partial charge is 0.266 e. The lowest BCUT2D eigenvalue weighted by molar-refractivity contribution is 0.464. The van der Waals surface area contributed by atoms with Gasteiger partial charge in [-0.25, -0.2) is 8.42 Å². The minimum atomic E-state index is -3.68. The average molecular weight is 373 g/mol. The van der Waals surface area contributed by atoms with Crippen LogP contribution in [-0.4, -0.2) is 15.0 Å². The number of anilines is 1. The zero-order valence-electron chi connectivity index (χ0n) is 11.8. The van der Waals surface area contributed by atoms with Gasteiger partial charge in [0.1, 0.15) is 10.7 Å². The van der Waals surface area contributed by atoms with Crippen LogP contribution in [0.3, 0.4) is 0 Å². The molecule has 0 aliphatic heterocycles. The molecule has 0 unspecified atom stereocenters. The van der Waals surface area contributed by atoms with Crippen LogP contribution < -0.4 is 10.0 Å². The Balaban J connectivity index is 2.22. The van der Waals surface area contributed by atoms with Crippen LogP contribution in [0.5, 0.6) is 0 Å². The number of hydrogen-bond donors (Lipinski definition) is 2. The topological polar surface area (TPSA) is 71.3 Å². The second kappa shape index (κ2) is 6.64. The van der Waals surface area contributed by atoms with Crippen LogP contribution in [0.25, 0.3) is 0 Å². The Bertz CT molecular complexity index is 708. The fourth-order valence-electron chi connectivity index (χ4n) is 1.75. The first kappa shape index (κ1) is 16.1. The van der Waals surface area contributed by atoms with E-state index in [9.17, 15) is 8.42 Å². The molecule has 0 aliphatic rings. The highest BCUT2D eigenvalue weighted by Crippen LogP contribution is 2.28. The Morgan fingerprint density at radius 2 is 1.90 bits per heavy atom. The molecule has 21 heavy (non-hydrogen) atoms. The van der Waals surface area contributed by atoms with E-state index in [1.807, 2.05) is 26.0 Å². The first-order valence-electron chi connectivity index (χ1n) is 6.51. The van der Waals surface area contributed by atoms with Gasteiger partial charge in [0.05, 0.1) is 6.54 Å². The zero-order chi connectivity index (χ0) is 15.5. The van der Waals surface area contributed by atoms with Gasteiger partial charge < -0.3 is 9.73 Å². The standard InChI is InChI=1S/C14H17BrN2O3S/c1-3-16-9-12-8-13(14(15)20-12)21(18,19)17-11-6-4-10(2)5-7-11/h4-8,16-17H,3,9H2,1-2H3. The number of furan rings is 1. The van der Waals surface area contributed by atoms with Gasteiger partial charge in [-0.15, -0.1) is 0 Å². The quantitative estimate of drug-likeness (QED) is 0.816. The Morgan fingerprint density at radius 1 is 1.24 bits per heavy atom. The second-order valence-electron chi connectivity index (χ2n) is 4.60. The maximum Gasteiger partial charge on any atom is 0.266 e. The molecule has 2 rings (SSSR count). The van der Waals surface area contributed by atoms with Crippen molar-refractivity contribution in [3.8, 4) is 0 Å². The maximum absolute atomic E-state index is 12.4. The number of sulfonamides is 1. The van der Waals surface area contributed by atoms with Gasteiger partial charge in [-0.3, -0.25) is 4.72 Å². The summed E-state index contributed by atoms with van der Waals surface area (Å²) in [4.78, 5) is 0.0935. The Morgan fingerprint density at radius 3 is 2.52 bits per heavy atom. The molecule has 114 valence electrons. The van der Waals surface area contributed by atoms with Gasteiger partial charge in [0.25, 0.3) is 10.0 Å². The van der Waals surface area contributed by atoms with E-state index >= 15 is 0 Å². The molecule has 1 aromatic carbocycles. The van der Waals surface area contributed by atoms with E-state index in [1.54, 1.807) is 12.1 Å². The van der Waals surface area contributed by atoms with Crippen LogP contribution >= 0.6 is 15.9 Å². The van der Waals surface area contributed by atoms with Crippen LogP contribution in [0.4, 0.5) is 5.69 Å². The summed E-state index contributed by atoms with van der Waals surface area (Å²) in [6.07, 6.45) is 0. The Hall–Kier alpha value is -1.31. The fourth-order valence-corrected chi connectivity index (χ4v) is 3.81. The molecule has 0 fully saturated rings. The van der Waals surface area contributed by atoms with E-state index in [1.165, 1.54) is 6.07 Å². The number of aryl methyl sites for hydroxylation is 1. The van der Waals surface area contributed by atoms with Crippen molar-refractivity contribution in [3.05, 3.63) is 46.3 Å². The molecule has 0 aliphatic carbocycles. The summed E-state index contributed by atoms with van der Waals surface area (Å²) in [7, 11) is -3.68. The van der Waals surface area contributed by atoms with E-state index in [2.05, 4.69) is 26.0 Å².